The third-order valence-electron chi connectivity index (χ3n) is 4.14. The molecule has 0 bridgehead atoms. The second-order valence-electron chi connectivity index (χ2n) is 5.73. The maximum Gasteiger partial charge on any atom is 0.310 e. The van der Waals surface area contributed by atoms with Gasteiger partial charge in [0.05, 0.1) is 5.41 Å². The van der Waals surface area contributed by atoms with E-state index in [-0.39, 0.29) is 12.3 Å². The van der Waals surface area contributed by atoms with Gasteiger partial charge in [0.2, 0.25) is 5.91 Å². The van der Waals surface area contributed by atoms with Gasteiger partial charge in [0.15, 0.2) is 0 Å². The number of carbonyl (C=O) groups is 2. The van der Waals surface area contributed by atoms with Crippen LogP contribution in [-0.2, 0) is 9.59 Å². The van der Waals surface area contributed by atoms with Gasteiger partial charge in [0, 0.05) is 15.7 Å². The van der Waals surface area contributed by atoms with E-state index in [2.05, 4.69) is 27.9 Å². The monoisotopic (exact) mass is 401 g/mol. The van der Waals surface area contributed by atoms with Crippen LogP contribution < -0.4 is 5.32 Å². The van der Waals surface area contributed by atoms with Gasteiger partial charge in [-0.3, -0.25) is 9.59 Å². The number of carboxylic acids is 1. The van der Waals surface area contributed by atoms with E-state index in [1.54, 1.807) is 0 Å². The molecular weight excluding hydrogens is 381 g/mol. The first-order chi connectivity index (χ1) is 10.0. The fraction of sp³-hybridized carbons (Fsp3) is 0.500. The Hall–Kier alpha value is -1.11. The van der Waals surface area contributed by atoms with E-state index in [1.165, 1.54) is 0 Å². The third-order valence-corrected chi connectivity index (χ3v) is 4.86. The topological polar surface area (TPSA) is 66.4 Å². The van der Waals surface area contributed by atoms with Crippen LogP contribution >= 0.6 is 22.6 Å². The zero-order valence-corrected chi connectivity index (χ0v) is 14.1. The molecule has 0 unspecified atom stereocenters. The smallest absolute Gasteiger partial charge is 0.310 e. The third kappa shape index (κ3) is 4.43. The van der Waals surface area contributed by atoms with Crippen molar-refractivity contribution in [2.45, 2.75) is 44.9 Å². The number of halogens is 1. The Labute approximate surface area is 138 Å². The molecular formula is C16H20INO3. The van der Waals surface area contributed by atoms with Gasteiger partial charge in [-0.25, -0.2) is 0 Å². The van der Waals surface area contributed by atoms with Crippen LogP contribution in [0.1, 0.15) is 44.9 Å². The molecule has 2 N–H and O–H groups in total. The van der Waals surface area contributed by atoms with Crippen LogP contribution in [0.5, 0.6) is 0 Å². The number of rotatable bonds is 4. The first kappa shape index (κ1) is 16.3. The maximum absolute atomic E-state index is 12.2. The molecule has 0 spiro atoms. The Morgan fingerprint density at radius 3 is 2.19 bits per heavy atom. The minimum atomic E-state index is -0.885. The van der Waals surface area contributed by atoms with Crippen molar-refractivity contribution in [3.05, 3.63) is 27.8 Å². The number of hydrogen-bond donors (Lipinski definition) is 2. The molecule has 1 amide bonds. The van der Waals surface area contributed by atoms with Crippen LogP contribution in [0, 0.1) is 8.99 Å². The standard InChI is InChI=1S/C16H20INO3/c17-12-5-7-13(8-6-12)18-14(19)11-16(15(20)21)9-3-1-2-4-10-16/h5-8H,1-4,9-11H2,(H,18,19)(H,20,21). The van der Waals surface area contributed by atoms with Crippen molar-refractivity contribution in [1.82, 2.24) is 0 Å². The molecule has 114 valence electrons. The van der Waals surface area contributed by atoms with Gasteiger partial charge in [-0.05, 0) is 59.7 Å². The SMILES string of the molecule is O=C(CC1(C(=O)O)CCCCCC1)Nc1ccc(I)cc1. The average molecular weight is 401 g/mol. The van der Waals surface area contributed by atoms with Crippen molar-refractivity contribution >= 4 is 40.2 Å². The van der Waals surface area contributed by atoms with Crippen LogP contribution in [0.15, 0.2) is 24.3 Å². The molecule has 0 saturated heterocycles. The van der Waals surface area contributed by atoms with E-state index in [1.807, 2.05) is 24.3 Å². The van der Waals surface area contributed by atoms with Gasteiger partial charge in [-0.15, -0.1) is 0 Å². The van der Waals surface area contributed by atoms with Crippen molar-refractivity contribution in [1.29, 1.82) is 0 Å². The lowest BCUT2D eigenvalue weighted by Crippen LogP contribution is -2.35. The average Bonchev–Trinajstić information content (AvgIpc) is 2.68. The number of anilines is 1. The molecule has 1 aromatic rings. The fourth-order valence-corrected chi connectivity index (χ4v) is 3.28. The van der Waals surface area contributed by atoms with Crippen molar-refractivity contribution in [2.75, 3.05) is 5.32 Å². The van der Waals surface area contributed by atoms with Gasteiger partial charge in [-0.1, -0.05) is 25.7 Å². The van der Waals surface area contributed by atoms with Crippen LogP contribution in [-0.4, -0.2) is 17.0 Å². The van der Waals surface area contributed by atoms with Crippen molar-refractivity contribution < 1.29 is 14.7 Å². The van der Waals surface area contributed by atoms with Crippen LogP contribution in [0.4, 0.5) is 5.69 Å². The van der Waals surface area contributed by atoms with E-state index in [0.29, 0.717) is 12.8 Å². The summed E-state index contributed by atoms with van der Waals surface area (Å²) in [5, 5.41) is 12.4. The van der Waals surface area contributed by atoms with Gasteiger partial charge in [-0.2, -0.15) is 0 Å². The summed E-state index contributed by atoms with van der Waals surface area (Å²) in [5.74, 6) is -1.04. The molecule has 5 heteroatoms. The highest BCUT2D eigenvalue weighted by Crippen LogP contribution is 2.38. The molecule has 1 fully saturated rings. The molecule has 0 atom stereocenters. The predicted molar refractivity (Wildman–Crippen MR) is 90.2 cm³/mol. The van der Waals surface area contributed by atoms with E-state index in [4.69, 9.17) is 0 Å². The summed E-state index contributed by atoms with van der Waals surface area (Å²) in [5.41, 5.74) is -0.168. The normalized spacial score (nSPS) is 17.8. The fourth-order valence-electron chi connectivity index (χ4n) is 2.92. The Morgan fingerprint density at radius 2 is 1.67 bits per heavy atom. The number of benzene rings is 1. The van der Waals surface area contributed by atoms with Crippen molar-refractivity contribution in [3.8, 4) is 0 Å². The molecule has 0 radical (unpaired) electrons. The van der Waals surface area contributed by atoms with Gasteiger partial charge < -0.3 is 10.4 Å². The number of nitrogens with one attached hydrogen (secondary N) is 1. The number of hydrogen-bond acceptors (Lipinski definition) is 2. The van der Waals surface area contributed by atoms with Gasteiger partial charge in [0.25, 0.3) is 0 Å². The minimum Gasteiger partial charge on any atom is -0.481 e. The number of carbonyl (C=O) groups excluding carboxylic acids is 1. The Balaban J connectivity index is 2.04. The molecule has 4 nitrogen and oxygen atoms in total. The minimum absolute atomic E-state index is 0.0638. The van der Waals surface area contributed by atoms with Crippen LogP contribution in [0.25, 0.3) is 0 Å². The molecule has 0 heterocycles. The summed E-state index contributed by atoms with van der Waals surface area (Å²) in [7, 11) is 0. The second kappa shape index (κ2) is 7.24. The molecule has 0 aromatic heterocycles. The summed E-state index contributed by atoms with van der Waals surface area (Å²) in [6.45, 7) is 0. The summed E-state index contributed by atoms with van der Waals surface area (Å²) in [4.78, 5) is 23.9. The summed E-state index contributed by atoms with van der Waals surface area (Å²) >= 11 is 2.20. The molecule has 0 aliphatic heterocycles. The first-order valence-corrected chi connectivity index (χ1v) is 8.39. The highest BCUT2D eigenvalue weighted by Gasteiger charge is 2.40. The molecule has 1 saturated carbocycles. The Bertz CT molecular complexity index is 505. The second-order valence-corrected chi connectivity index (χ2v) is 6.98. The largest absolute Gasteiger partial charge is 0.481 e. The van der Waals surface area contributed by atoms with E-state index in [0.717, 1.165) is 34.9 Å². The van der Waals surface area contributed by atoms with E-state index in [9.17, 15) is 14.7 Å². The van der Waals surface area contributed by atoms with E-state index < -0.39 is 11.4 Å². The molecule has 1 aliphatic carbocycles. The lowest BCUT2D eigenvalue weighted by Gasteiger charge is -2.27. The summed E-state index contributed by atoms with van der Waals surface area (Å²) < 4.78 is 1.09. The van der Waals surface area contributed by atoms with Crippen LogP contribution in [0.3, 0.4) is 0 Å². The Kier molecular flexibility index (Phi) is 5.61. The zero-order chi connectivity index (χ0) is 15.3. The quantitative estimate of drug-likeness (QED) is 0.591. The highest BCUT2D eigenvalue weighted by atomic mass is 127. The predicted octanol–water partition coefficient (Wildman–Crippen LogP) is 4.05. The van der Waals surface area contributed by atoms with Gasteiger partial charge >= 0.3 is 5.97 Å². The zero-order valence-electron chi connectivity index (χ0n) is 11.9. The molecule has 1 aliphatic rings. The first-order valence-electron chi connectivity index (χ1n) is 7.31. The van der Waals surface area contributed by atoms with Crippen molar-refractivity contribution in [3.63, 3.8) is 0 Å². The lowest BCUT2D eigenvalue weighted by molar-refractivity contribution is -0.152. The summed E-state index contributed by atoms with van der Waals surface area (Å²) in [6, 6.07) is 7.49. The molecule has 21 heavy (non-hydrogen) atoms. The molecule has 1 aromatic carbocycles. The van der Waals surface area contributed by atoms with Gasteiger partial charge in [0.1, 0.15) is 0 Å². The van der Waals surface area contributed by atoms with E-state index >= 15 is 0 Å². The van der Waals surface area contributed by atoms with Crippen LogP contribution in [0.2, 0.25) is 0 Å². The highest BCUT2D eigenvalue weighted by molar-refractivity contribution is 14.1. The lowest BCUT2D eigenvalue weighted by atomic mass is 9.77. The maximum atomic E-state index is 12.2. The number of aliphatic carboxylic acids is 1. The number of carboxylic acid groups (broad SMARTS) is 1. The molecule has 2 rings (SSSR count). The number of amides is 1. The summed E-state index contributed by atoms with van der Waals surface area (Å²) in [6.07, 6.45) is 5.17. The van der Waals surface area contributed by atoms with Crippen molar-refractivity contribution in [2.24, 2.45) is 5.41 Å². The Morgan fingerprint density at radius 1 is 1.10 bits per heavy atom.